The summed E-state index contributed by atoms with van der Waals surface area (Å²) in [5, 5.41) is 0. The Morgan fingerprint density at radius 3 is 2.36 bits per heavy atom. The fourth-order valence-corrected chi connectivity index (χ4v) is 0.877. The lowest BCUT2D eigenvalue weighted by Gasteiger charge is -2.27. The van der Waals surface area contributed by atoms with Crippen molar-refractivity contribution in [3.05, 3.63) is 31.5 Å². The Hall–Kier alpha value is -0.890. The highest BCUT2D eigenvalue weighted by atomic mass is 15.3. The first-order valence-electron chi connectivity index (χ1n) is 3.69. The van der Waals surface area contributed by atoms with Crippen LogP contribution in [0.2, 0.25) is 0 Å². The van der Waals surface area contributed by atoms with E-state index >= 15 is 0 Å². The van der Waals surface area contributed by atoms with Gasteiger partial charge in [-0.3, -0.25) is 9.47 Å². The van der Waals surface area contributed by atoms with Crippen LogP contribution in [-0.4, -0.2) is 25.6 Å². The Morgan fingerprint density at radius 1 is 1.36 bits per heavy atom. The van der Waals surface area contributed by atoms with Gasteiger partial charge >= 0.3 is 0 Å². The van der Waals surface area contributed by atoms with E-state index in [0.717, 1.165) is 11.0 Å². The van der Waals surface area contributed by atoms with Gasteiger partial charge in [0.1, 0.15) is 5.69 Å². The molecule has 2 nitrogen and oxygen atoms in total. The van der Waals surface area contributed by atoms with Gasteiger partial charge in [0.25, 0.3) is 0 Å². The van der Waals surface area contributed by atoms with Crippen LogP contribution in [0.4, 0.5) is 5.69 Å². The summed E-state index contributed by atoms with van der Waals surface area (Å²) in [4.78, 5) is 3.96. The number of aromatic nitrogens is 1. The lowest BCUT2D eigenvalue weighted by molar-refractivity contribution is 0.439. The van der Waals surface area contributed by atoms with Gasteiger partial charge in [-0.2, -0.15) is 0 Å². The number of nitrogens with zero attached hydrogens (tertiary/aromatic N) is 2. The molecule has 0 spiro atoms. The molecule has 0 fully saturated rings. The number of rotatable bonds is 2. The summed E-state index contributed by atoms with van der Waals surface area (Å²) in [6.45, 7) is 4.74. The molecule has 0 atom stereocenters. The van der Waals surface area contributed by atoms with E-state index in [-0.39, 0.29) is 0 Å². The molecule has 59 valence electrons. The lowest BCUT2D eigenvalue weighted by atomic mass is 10.3. The third kappa shape index (κ3) is 1.77. The van der Waals surface area contributed by atoms with Crippen LogP contribution in [0, 0.1) is 6.92 Å². The van der Waals surface area contributed by atoms with Gasteiger partial charge in [-0.1, -0.05) is 0 Å². The van der Waals surface area contributed by atoms with Gasteiger partial charge in [0.2, 0.25) is 0 Å². The van der Waals surface area contributed by atoms with Crippen molar-refractivity contribution >= 4 is 5.69 Å². The van der Waals surface area contributed by atoms with Crippen molar-refractivity contribution in [2.75, 3.05) is 20.6 Å². The highest BCUT2D eigenvalue weighted by Crippen LogP contribution is 2.15. The van der Waals surface area contributed by atoms with Gasteiger partial charge in [-0.25, -0.2) is 0 Å². The topological polar surface area (TPSA) is 12.9 Å². The van der Waals surface area contributed by atoms with Crippen LogP contribution in [0.1, 0.15) is 0 Å². The molecule has 1 radical (unpaired) electrons. The van der Waals surface area contributed by atoms with E-state index in [1.54, 1.807) is 0 Å². The molecule has 0 N–H and O–H groups in total. The van der Waals surface area contributed by atoms with Crippen molar-refractivity contribution in [1.82, 2.24) is 9.47 Å². The van der Waals surface area contributed by atoms with Crippen LogP contribution in [-0.2, 0) is 0 Å². The number of hydrogen-bond donors (Lipinski definition) is 0. The maximum Gasteiger partial charge on any atom is 0.135 e. The zero-order chi connectivity index (χ0) is 8.32. The van der Waals surface area contributed by atoms with Gasteiger partial charge in [-0.05, 0) is 0 Å². The van der Waals surface area contributed by atoms with Gasteiger partial charge < -0.3 is 0 Å². The molecular weight excluding hydrogens is 136 g/mol. The molecule has 0 saturated carbocycles. The first-order chi connectivity index (χ1) is 5.17. The molecule has 0 bridgehead atoms. The minimum atomic E-state index is 0.808. The summed E-state index contributed by atoms with van der Waals surface area (Å²) in [5.41, 5.74) is 1.25. The molecule has 1 rings (SSSR count). The summed E-state index contributed by atoms with van der Waals surface area (Å²) in [6.07, 6.45) is 3.62. The highest BCUT2D eigenvalue weighted by molar-refractivity contribution is 5.39. The van der Waals surface area contributed by atoms with Crippen LogP contribution in [0.25, 0.3) is 0 Å². The summed E-state index contributed by atoms with van der Waals surface area (Å²) in [7, 11) is 4.25. The zero-order valence-electron chi connectivity index (χ0n) is 7.12. The largest absolute Gasteiger partial charge is 0.296 e. The fraction of sp³-hybridized carbons (Fsp3) is 0.333. The van der Waals surface area contributed by atoms with Crippen molar-refractivity contribution in [2.45, 2.75) is 0 Å². The fourth-order valence-electron chi connectivity index (χ4n) is 0.877. The third-order valence-electron chi connectivity index (χ3n) is 1.92. The molecule has 0 unspecified atom stereocenters. The second kappa shape index (κ2) is 3.01. The predicted octanol–water partition coefficient (Wildman–Crippen LogP) is 1.48. The zero-order valence-corrected chi connectivity index (χ0v) is 7.12. The van der Waals surface area contributed by atoms with E-state index in [1.165, 1.54) is 5.69 Å². The average molecular weight is 150 g/mol. The second-order valence-electron chi connectivity index (χ2n) is 3.11. The molecule has 1 heterocycles. The molecule has 0 amide bonds. The Kier molecular flexibility index (Phi) is 2.25. The third-order valence-corrected chi connectivity index (χ3v) is 1.92. The Bertz CT molecular complexity index is 216. The van der Waals surface area contributed by atoms with Crippen LogP contribution < -0.4 is 4.48 Å². The second-order valence-corrected chi connectivity index (χ2v) is 3.11. The van der Waals surface area contributed by atoms with Crippen molar-refractivity contribution in [3.8, 4) is 0 Å². The first kappa shape index (κ1) is 8.21. The first-order valence-corrected chi connectivity index (χ1v) is 3.69. The number of quaternary nitrogens is 1. The van der Waals surface area contributed by atoms with E-state index in [2.05, 4.69) is 26.0 Å². The van der Waals surface area contributed by atoms with Gasteiger partial charge in [0, 0.05) is 31.5 Å². The maximum absolute atomic E-state index is 3.96. The van der Waals surface area contributed by atoms with Gasteiger partial charge in [0.15, 0.2) is 0 Å². The van der Waals surface area contributed by atoms with Gasteiger partial charge in [-0.15, -0.1) is 0 Å². The van der Waals surface area contributed by atoms with Crippen LogP contribution in [0.5, 0.6) is 0 Å². The standard InChI is InChI=1S/C9H14N2/c1-4-11(2,3)9-5-7-10-8-6-9/h5-8H,1,4H2,2-3H3/q+1. The van der Waals surface area contributed by atoms with E-state index in [9.17, 15) is 0 Å². The Morgan fingerprint density at radius 2 is 1.91 bits per heavy atom. The summed E-state index contributed by atoms with van der Waals surface area (Å²) in [5.74, 6) is 0. The average Bonchev–Trinajstić information content (AvgIpc) is 2.06. The summed E-state index contributed by atoms with van der Waals surface area (Å²) in [6, 6.07) is 4.04. The van der Waals surface area contributed by atoms with Crippen molar-refractivity contribution in [3.63, 3.8) is 0 Å². The highest BCUT2D eigenvalue weighted by Gasteiger charge is 2.14. The molecule has 0 aliphatic heterocycles. The molecule has 0 aliphatic rings. The normalized spacial score (nSPS) is 11.5. The molecule has 0 saturated heterocycles. The lowest BCUT2D eigenvalue weighted by Crippen LogP contribution is -2.39. The minimum Gasteiger partial charge on any atom is -0.296 e. The quantitative estimate of drug-likeness (QED) is 0.582. The summed E-state index contributed by atoms with van der Waals surface area (Å²) < 4.78 is 0.808. The summed E-state index contributed by atoms with van der Waals surface area (Å²) >= 11 is 0. The van der Waals surface area contributed by atoms with E-state index in [4.69, 9.17) is 0 Å². The molecule has 1 aromatic heterocycles. The Labute approximate surface area is 68.1 Å². The molecule has 1 aromatic rings. The van der Waals surface area contributed by atoms with Crippen LogP contribution in [0.15, 0.2) is 24.5 Å². The van der Waals surface area contributed by atoms with Gasteiger partial charge in [0.05, 0.1) is 20.6 Å². The molecular formula is C9H14N2+. The van der Waals surface area contributed by atoms with Crippen molar-refractivity contribution in [2.24, 2.45) is 0 Å². The smallest absolute Gasteiger partial charge is 0.135 e. The monoisotopic (exact) mass is 150 g/mol. The number of pyridine rings is 1. The maximum atomic E-state index is 3.96. The molecule has 0 aromatic carbocycles. The van der Waals surface area contributed by atoms with E-state index in [0.29, 0.717) is 0 Å². The van der Waals surface area contributed by atoms with Crippen molar-refractivity contribution < 1.29 is 0 Å². The minimum absolute atomic E-state index is 0.808. The molecule has 2 heteroatoms. The SMILES string of the molecule is [CH2]C[N+](C)(C)c1ccncc1. The van der Waals surface area contributed by atoms with Crippen molar-refractivity contribution in [1.29, 1.82) is 0 Å². The van der Waals surface area contributed by atoms with E-state index in [1.807, 2.05) is 24.5 Å². The molecule has 11 heavy (non-hydrogen) atoms. The Balaban J connectivity index is 2.93. The molecule has 0 aliphatic carbocycles. The van der Waals surface area contributed by atoms with Crippen LogP contribution in [0.3, 0.4) is 0 Å². The van der Waals surface area contributed by atoms with E-state index < -0.39 is 0 Å². The number of hydrogen-bond acceptors (Lipinski definition) is 1. The predicted molar refractivity (Wildman–Crippen MR) is 48.1 cm³/mol. The van der Waals surface area contributed by atoms with Crippen LogP contribution >= 0.6 is 0 Å².